The molecule has 1 aromatic rings. The third-order valence-electron chi connectivity index (χ3n) is 3.24. The molecule has 2 N–H and O–H groups in total. The summed E-state index contributed by atoms with van der Waals surface area (Å²) in [6.45, 7) is 3.76. The highest BCUT2D eigenvalue weighted by molar-refractivity contribution is 9.10. The molecule has 0 radical (unpaired) electrons. The lowest BCUT2D eigenvalue weighted by atomic mass is 9.94. The second-order valence-electron chi connectivity index (χ2n) is 4.44. The van der Waals surface area contributed by atoms with Gasteiger partial charge >= 0.3 is 0 Å². The third kappa shape index (κ3) is 4.84. The molecule has 19 heavy (non-hydrogen) atoms. The van der Waals surface area contributed by atoms with Crippen molar-refractivity contribution in [3.63, 3.8) is 0 Å². The van der Waals surface area contributed by atoms with Gasteiger partial charge in [-0.25, -0.2) is 0 Å². The topological polar surface area (TPSA) is 58.6 Å². The molecule has 106 valence electrons. The zero-order valence-electron chi connectivity index (χ0n) is 11.3. The molecule has 0 atom stereocenters. The van der Waals surface area contributed by atoms with E-state index in [0.717, 1.165) is 4.47 Å². The number of ether oxygens (including phenoxy) is 1. The van der Waals surface area contributed by atoms with Crippen LogP contribution in [0.5, 0.6) is 5.75 Å². The van der Waals surface area contributed by atoms with Gasteiger partial charge in [0.2, 0.25) is 0 Å². The summed E-state index contributed by atoms with van der Waals surface area (Å²) in [5, 5.41) is 12.2. The Morgan fingerprint density at radius 2 is 1.89 bits per heavy atom. The van der Waals surface area contributed by atoms with Crippen LogP contribution in [-0.4, -0.2) is 29.8 Å². The Morgan fingerprint density at radius 3 is 2.37 bits per heavy atom. The van der Waals surface area contributed by atoms with E-state index in [0.29, 0.717) is 18.6 Å². The second-order valence-corrected chi connectivity index (χ2v) is 5.35. The smallest absolute Gasteiger partial charge is 0.258 e. The number of hydrogen-bond donors (Lipinski definition) is 2. The summed E-state index contributed by atoms with van der Waals surface area (Å²) < 4.78 is 6.35. The van der Waals surface area contributed by atoms with Crippen LogP contribution in [0.15, 0.2) is 28.7 Å². The van der Waals surface area contributed by atoms with E-state index in [1.807, 2.05) is 26.0 Å². The standard InChI is InChI=1S/C14H20BrNO3/c1-3-14(4-2,10-17)16-13(18)9-19-12-7-5-11(15)6-8-12/h5-8,17H,3-4,9-10H2,1-2H3,(H,16,18). The SMILES string of the molecule is CCC(CC)(CO)NC(=O)COc1ccc(Br)cc1. The zero-order valence-corrected chi connectivity index (χ0v) is 12.9. The summed E-state index contributed by atoms with van der Waals surface area (Å²) in [4.78, 5) is 11.8. The molecule has 1 rings (SSSR count). The Hall–Kier alpha value is -1.07. The highest BCUT2D eigenvalue weighted by Gasteiger charge is 2.27. The van der Waals surface area contributed by atoms with Crippen LogP contribution >= 0.6 is 15.9 Å². The Kier molecular flexibility index (Phi) is 6.31. The van der Waals surface area contributed by atoms with E-state index in [1.165, 1.54) is 0 Å². The molecule has 0 fully saturated rings. The van der Waals surface area contributed by atoms with Crippen molar-refractivity contribution in [2.75, 3.05) is 13.2 Å². The van der Waals surface area contributed by atoms with Gasteiger partial charge in [-0.1, -0.05) is 29.8 Å². The van der Waals surface area contributed by atoms with Crippen LogP contribution < -0.4 is 10.1 Å². The van der Waals surface area contributed by atoms with Crippen LogP contribution in [0, 0.1) is 0 Å². The first kappa shape index (κ1) is 16.0. The molecule has 0 aromatic heterocycles. The summed E-state index contributed by atoms with van der Waals surface area (Å²) in [7, 11) is 0. The number of hydrogen-bond acceptors (Lipinski definition) is 3. The molecule has 0 heterocycles. The van der Waals surface area contributed by atoms with Crippen LogP contribution in [-0.2, 0) is 4.79 Å². The first-order valence-electron chi connectivity index (χ1n) is 6.35. The predicted molar refractivity (Wildman–Crippen MR) is 78.2 cm³/mol. The number of amides is 1. The number of nitrogens with one attached hydrogen (secondary N) is 1. The first-order valence-corrected chi connectivity index (χ1v) is 7.14. The molecule has 1 aromatic carbocycles. The number of benzene rings is 1. The zero-order chi connectivity index (χ0) is 14.3. The van der Waals surface area contributed by atoms with Crippen molar-refractivity contribution < 1.29 is 14.6 Å². The lowest BCUT2D eigenvalue weighted by Crippen LogP contribution is -2.51. The molecule has 0 saturated heterocycles. The maximum Gasteiger partial charge on any atom is 0.258 e. The monoisotopic (exact) mass is 329 g/mol. The van der Waals surface area contributed by atoms with Gasteiger partial charge in [-0.15, -0.1) is 0 Å². The lowest BCUT2D eigenvalue weighted by molar-refractivity contribution is -0.125. The minimum Gasteiger partial charge on any atom is -0.484 e. The molecule has 5 heteroatoms. The minimum atomic E-state index is -0.542. The van der Waals surface area contributed by atoms with Crippen molar-refractivity contribution >= 4 is 21.8 Å². The van der Waals surface area contributed by atoms with E-state index >= 15 is 0 Å². The average Bonchev–Trinajstić information content (AvgIpc) is 2.44. The molecule has 1 amide bonds. The summed E-state index contributed by atoms with van der Waals surface area (Å²) in [6.07, 6.45) is 1.37. The fourth-order valence-electron chi connectivity index (χ4n) is 1.70. The average molecular weight is 330 g/mol. The van der Waals surface area contributed by atoms with Crippen LogP contribution in [0.2, 0.25) is 0 Å². The first-order chi connectivity index (χ1) is 9.05. The number of carbonyl (C=O) groups is 1. The Bertz CT molecular complexity index is 393. The highest BCUT2D eigenvalue weighted by Crippen LogP contribution is 2.17. The van der Waals surface area contributed by atoms with Gasteiger partial charge < -0.3 is 15.2 Å². The van der Waals surface area contributed by atoms with E-state index in [-0.39, 0.29) is 19.1 Å². The van der Waals surface area contributed by atoms with Gasteiger partial charge in [-0.3, -0.25) is 4.79 Å². The van der Waals surface area contributed by atoms with E-state index in [2.05, 4.69) is 21.2 Å². The molecule has 0 bridgehead atoms. The second kappa shape index (κ2) is 7.50. The van der Waals surface area contributed by atoms with Crippen molar-refractivity contribution in [1.29, 1.82) is 0 Å². The third-order valence-corrected chi connectivity index (χ3v) is 3.77. The molecule has 0 aliphatic rings. The maximum atomic E-state index is 11.8. The van der Waals surface area contributed by atoms with Gasteiger partial charge in [0.1, 0.15) is 5.75 Å². The molecular weight excluding hydrogens is 310 g/mol. The number of halogens is 1. The summed E-state index contributed by atoms with van der Waals surface area (Å²) in [6, 6.07) is 7.28. The Morgan fingerprint density at radius 1 is 1.32 bits per heavy atom. The molecular formula is C14H20BrNO3. The van der Waals surface area contributed by atoms with Crippen molar-refractivity contribution in [2.24, 2.45) is 0 Å². The van der Waals surface area contributed by atoms with Gasteiger partial charge in [-0.2, -0.15) is 0 Å². The molecule has 0 aliphatic heterocycles. The largest absolute Gasteiger partial charge is 0.484 e. The van der Waals surface area contributed by atoms with Crippen LogP contribution in [0.1, 0.15) is 26.7 Å². The Labute approximate surface area is 122 Å². The lowest BCUT2D eigenvalue weighted by Gasteiger charge is -2.30. The van der Waals surface area contributed by atoms with Gasteiger partial charge in [0.25, 0.3) is 5.91 Å². The van der Waals surface area contributed by atoms with Gasteiger partial charge in [0.15, 0.2) is 6.61 Å². The summed E-state index contributed by atoms with van der Waals surface area (Å²) in [5.74, 6) is 0.418. The number of aliphatic hydroxyl groups excluding tert-OH is 1. The Balaban J connectivity index is 2.49. The van der Waals surface area contributed by atoms with Gasteiger partial charge in [-0.05, 0) is 37.1 Å². The predicted octanol–water partition coefficient (Wildman–Crippen LogP) is 2.50. The minimum absolute atomic E-state index is 0.0522. The fourth-order valence-corrected chi connectivity index (χ4v) is 1.97. The molecule has 0 saturated carbocycles. The molecule has 4 nitrogen and oxygen atoms in total. The van der Waals surface area contributed by atoms with E-state index in [4.69, 9.17) is 4.74 Å². The number of aliphatic hydroxyl groups is 1. The van der Waals surface area contributed by atoms with Gasteiger partial charge in [0.05, 0.1) is 12.1 Å². The maximum absolute atomic E-state index is 11.8. The highest BCUT2D eigenvalue weighted by atomic mass is 79.9. The normalized spacial score (nSPS) is 11.2. The van der Waals surface area contributed by atoms with Crippen LogP contribution in [0.3, 0.4) is 0 Å². The van der Waals surface area contributed by atoms with Gasteiger partial charge in [0, 0.05) is 4.47 Å². The van der Waals surface area contributed by atoms with Crippen LogP contribution in [0.25, 0.3) is 0 Å². The number of carbonyl (C=O) groups excluding carboxylic acids is 1. The quantitative estimate of drug-likeness (QED) is 0.808. The van der Waals surface area contributed by atoms with Crippen molar-refractivity contribution in [2.45, 2.75) is 32.2 Å². The van der Waals surface area contributed by atoms with E-state index < -0.39 is 5.54 Å². The molecule has 0 unspecified atom stereocenters. The van der Waals surface area contributed by atoms with Crippen molar-refractivity contribution in [3.8, 4) is 5.75 Å². The number of rotatable bonds is 7. The van der Waals surface area contributed by atoms with Crippen molar-refractivity contribution in [3.05, 3.63) is 28.7 Å². The van der Waals surface area contributed by atoms with Crippen LogP contribution in [0.4, 0.5) is 0 Å². The summed E-state index contributed by atoms with van der Waals surface area (Å²) >= 11 is 3.33. The van der Waals surface area contributed by atoms with E-state index in [1.54, 1.807) is 12.1 Å². The van der Waals surface area contributed by atoms with E-state index in [9.17, 15) is 9.90 Å². The molecule has 0 aliphatic carbocycles. The molecule has 0 spiro atoms. The van der Waals surface area contributed by atoms with Crippen molar-refractivity contribution in [1.82, 2.24) is 5.32 Å². The fraction of sp³-hybridized carbons (Fsp3) is 0.500. The summed E-state index contributed by atoms with van der Waals surface area (Å²) in [5.41, 5.74) is -0.542.